The van der Waals surface area contributed by atoms with E-state index in [0.717, 1.165) is 4.31 Å². The summed E-state index contributed by atoms with van der Waals surface area (Å²) in [5.41, 5.74) is 1.13. The van der Waals surface area contributed by atoms with Crippen LogP contribution in [0.25, 0.3) is 11.0 Å². The summed E-state index contributed by atoms with van der Waals surface area (Å²) in [6.45, 7) is 0.848. The molecular weight excluding hydrogens is 322 g/mol. The van der Waals surface area contributed by atoms with Crippen LogP contribution in [0.5, 0.6) is 0 Å². The number of benzene rings is 1. The van der Waals surface area contributed by atoms with E-state index in [1.54, 1.807) is 23.1 Å². The van der Waals surface area contributed by atoms with E-state index in [0.29, 0.717) is 16.6 Å². The van der Waals surface area contributed by atoms with Crippen LogP contribution in [0, 0.1) is 0 Å². The zero-order valence-corrected chi connectivity index (χ0v) is 12.9. The Morgan fingerprint density at radius 2 is 1.91 bits per heavy atom. The first-order valence-electron chi connectivity index (χ1n) is 6.91. The Kier molecular flexibility index (Phi) is 3.88. The van der Waals surface area contributed by atoms with Gasteiger partial charge in [0.15, 0.2) is 0 Å². The molecule has 1 aromatic heterocycles. The fourth-order valence-electron chi connectivity index (χ4n) is 2.50. The molecule has 0 unspecified atom stereocenters. The number of fused-ring (bicyclic) bond motifs is 1. The monoisotopic (exact) mass is 337 g/mol. The Morgan fingerprint density at radius 3 is 2.57 bits per heavy atom. The molecule has 9 nitrogen and oxygen atoms in total. The van der Waals surface area contributed by atoms with Crippen molar-refractivity contribution in [2.45, 2.75) is 0 Å². The number of rotatable bonds is 2. The number of nitrogens with zero attached hydrogens (tertiary/aromatic N) is 3. The van der Waals surface area contributed by atoms with Crippen LogP contribution in [0.15, 0.2) is 29.2 Å². The molecule has 0 spiro atoms. The average molecular weight is 337 g/mol. The van der Waals surface area contributed by atoms with Crippen LogP contribution >= 0.6 is 0 Å². The van der Waals surface area contributed by atoms with Crippen LogP contribution in [0.3, 0.4) is 0 Å². The highest BCUT2D eigenvalue weighted by molar-refractivity contribution is 7.86. The van der Waals surface area contributed by atoms with Crippen molar-refractivity contribution >= 4 is 27.1 Å². The van der Waals surface area contributed by atoms with Gasteiger partial charge in [-0.3, -0.25) is 9.59 Å². The number of amides is 1. The fraction of sp³-hybridized carbons (Fsp3) is 0.308. The molecule has 2 heterocycles. The van der Waals surface area contributed by atoms with Crippen LogP contribution in [0.1, 0.15) is 10.4 Å². The smallest absolute Gasteiger partial charge is 0.277 e. The molecule has 1 fully saturated rings. The lowest BCUT2D eigenvalue weighted by Gasteiger charge is -2.33. The third kappa shape index (κ3) is 3.23. The van der Waals surface area contributed by atoms with E-state index in [-0.39, 0.29) is 37.6 Å². The first-order valence-corrected chi connectivity index (χ1v) is 8.41. The maximum Gasteiger partial charge on any atom is 0.277 e. The quantitative estimate of drug-likeness (QED) is 0.717. The van der Waals surface area contributed by atoms with Crippen molar-refractivity contribution < 1.29 is 13.2 Å². The Balaban J connectivity index is 1.80. The highest BCUT2D eigenvalue weighted by Crippen LogP contribution is 2.14. The summed E-state index contributed by atoms with van der Waals surface area (Å²) in [6.07, 6.45) is 1.18. The van der Waals surface area contributed by atoms with Crippen molar-refractivity contribution in [2.75, 3.05) is 26.2 Å². The van der Waals surface area contributed by atoms with Gasteiger partial charge in [-0.1, -0.05) is 0 Å². The van der Waals surface area contributed by atoms with Crippen LogP contribution in [0.4, 0.5) is 0 Å². The largest absolute Gasteiger partial charge is 0.336 e. The molecule has 0 saturated carbocycles. The Bertz CT molecular complexity index is 915. The van der Waals surface area contributed by atoms with Crippen molar-refractivity contribution in [1.29, 1.82) is 0 Å². The number of carbonyl (C=O) groups excluding carboxylic acids is 1. The van der Waals surface area contributed by atoms with Gasteiger partial charge in [0, 0.05) is 31.7 Å². The molecule has 0 radical (unpaired) electrons. The molecule has 1 saturated heterocycles. The number of hydrogen-bond donors (Lipinski definition) is 2. The van der Waals surface area contributed by atoms with E-state index >= 15 is 0 Å². The summed E-state index contributed by atoms with van der Waals surface area (Å²) < 4.78 is 23.7. The van der Waals surface area contributed by atoms with E-state index in [9.17, 15) is 18.0 Å². The number of nitrogens with one attached hydrogen (secondary N) is 1. The number of piperazine rings is 1. The summed E-state index contributed by atoms with van der Waals surface area (Å²) in [6, 6.07) is 4.85. The van der Waals surface area contributed by atoms with E-state index in [1.165, 1.54) is 6.20 Å². The van der Waals surface area contributed by atoms with Gasteiger partial charge < -0.3 is 9.88 Å². The third-order valence-corrected chi connectivity index (χ3v) is 4.79. The molecule has 0 aliphatic carbocycles. The minimum atomic E-state index is -3.73. The molecule has 1 aliphatic rings. The van der Waals surface area contributed by atoms with Gasteiger partial charge >= 0.3 is 0 Å². The van der Waals surface area contributed by atoms with Gasteiger partial charge in [-0.2, -0.15) is 12.7 Å². The Hall–Kier alpha value is -2.30. The van der Waals surface area contributed by atoms with Crippen LogP contribution in [0.2, 0.25) is 0 Å². The number of carbonyl (C=O) groups is 1. The second-order valence-corrected chi connectivity index (χ2v) is 6.76. The van der Waals surface area contributed by atoms with E-state index in [1.807, 2.05) is 0 Å². The molecule has 1 amide bonds. The molecule has 10 heteroatoms. The summed E-state index contributed by atoms with van der Waals surface area (Å²) in [5, 5.41) is 5.07. The molecule has 23 heavy (non-hydrogen) atoms. The fourth-order valence-corrected chi connectivity index (χ4v) is 3.18. The van der Waals surface area contributed by atoms with Gasteiger partial charge in [0.05, 0.1) is 17.2 Å². The van der Waals surface area contributed by atoms with Crippen LogP contribution < -0.4 is 10.7 Å². The van der Waals surface area contributed by atoms with Gasteiger partial charge in [0.2, 0.25) is 0 Å². The molecule has 122 valence electrons. The van der Waals surface area contributed by atoms with E-state index in [4.69, 9.17) is 5.14 Å². The maximum absolute atomic E-state index is 12.5. The molecule has 1 aliphatic heterocycles. The lowest BCUT2D eigenvalue weighted by molar-refractivity contribution is 0.0698. The van der Waals surface area contributed by atoms with E-state index < -0.39 is 10.2 Å². The highest BCUT2D eigenvalue weighted by Gasteiger charge is 2.27. The first kappa shape index (κ1) is 15.6. The summed E-state index contributed by atoms with van der Waals surface area (Å²) in [7, 11) is -3.73. The summed E-state index contributed by atoms with van der Waals surface area (Å²) in [5.74, 6) is -0.231. The molecule has 0 bridgehead atoms. The zero-order chi connectivity index (χ0) is 16.6. The number of aromatic nitrogens is 2. The molecule has 1 aromatic carbocycles. The normalized spacial score (nSPS) is 16.7. The van der Waals surface area contributed by atoms with E-state index in [2.05, 4.69) is 9.97 Å². The standard InChI is InChI=1S/C13H15N5O4S/c14-23(21,22)18-5-3-17(4-6-18)13(20)9-1-2-10-11(7-9)16-12(19)8-15-10/h1-2,7-8H,3-6H2,(H,16,19)(H2,14,21,22). The lowest BCUT2D eigenvalue weighted by Crippen LogP contribution is -2.52. The van der Waals surface area contributed by atoms with Crippen molar-refractivity contribution in [3.63, 3.8) is 0 Å². The van der Waals surface area contributed by atoms with Crippen molar-refractivity contribution in [2.24, 2.45) is 5.14 Å². The third-order valence-electron chi connectivity index (χ3n) is 3.71. The minimum Gasteiger partial charge on any atom is -0.336 e. The zero-order valence-electron chi connectivity index (χ0n) is 12.1. The number of H-pyrrole nitrogens is 1. The highest BCUT2D eigenvalue weighted by atomic mass is 32.2. The van der Waals surface area contributed by atoms with Crippen LogP contribution in [-0.4, -0.2) is 59.7 Å². The predicted molar refractivity (Wildman–Crippen MR) is 82.9 cm³/mol. The number of nitrogens with two attached hydrogens (primary N) is 1. The second-order valence-electron chi connectivity index (χ2n) is 5.22. The number of hydrogen-bond acceptors (Lipinski definition) is 5. The number of aromatic amines is 1. The maximum atomic E-state index is 12.5. The predicted octanol–water partition coefficient (Wildman–Crippen LogP) is -1.12. The SMILES string of the molecule is NS(=O)(=O)N1CCN(C(=O)c2ccc3ncc(=O)[nH]c3c2)CC1. The van der Waals surface area contributed by atoms with Gasteiger partial charge in [-0.05, 0) is 18.2 Å². The second kappa shape index (κ2) is 5.72. The van der Waals surface area contributed by atoms with Gasteiger partial charge in [0.1, 0.15) is 0 Å². The summed E-state index contributed by atoms with van der Waals surface area (Å²) >= 11 is 0. The molecule has 3 N–H and O–H groups in total. The molecule has 0 atom stereocenters. The Labute approximate surface area is 131 Å². The Morgan fingerprint density at radius 1 is 1.22 bits per heavy atom. The van der Waals surface area contributed by atoms with Gasteiger partial charge in [-0.15, -0.1) is 0 Å². The average Bonchev–Trinajstić information content (AvgIpc) is 2.52. The van der Waals surface area contributed by atoms with Gasteiger partial charge in [0.25, 0.3) is 21.7 Å². The lowest BCUT2D eigenvalue weighted by atomic mass is 10.1. The molecule has 2 aromatic rings. The topological polar surface area (TPSA) is 129 Å². The van der Waals surface area contributed by atoms with Crippen LogP contribution in [-0.2, 0) is 10.2 Å². The summed E-state index contributed by atoms with van der Waals surface area (Å²) in [4.78, 5) is 32.0. The minimum absolute atomic E-state index is 0.163. The first-order chi connectivity index (χ1) is 10.8. The molecule has 3 rings (SSSR count). The molecular formula is C13H15N5O4S. The van der Waals surface area contributed by atoms with Gasteiger partial charge in [-0.25, -0.2) is 10.1 Å². The van der Waals surface area contributed by atoms with Crippen molar-refractivity contribution in [1.82, 2.24) is 19.2 Å². The van der Waals surface area contributed by atoms with Crippen molar-refractivity contribution in [3.8, 4) is 0 Å². The van der Waals surface area contributed by atoms with Crippen molar-refractivity contribution in [3.05, 3.63) is 40.3 Å².